The zero-order chi connectivity index (χ0) is 24.5. The molecule has 1 aromatic heterocycles. The molecule has 0 amide bonds. The van der Waals surface area contributed by atoms with Gasteiger partial charge in [-0.15, -0.1) is 0 Å². The summed E-state index contributed by atoms with van der Waals surface area (Å²) in [7, 11) is -3.45. The number of sulfone groups is 1. The lowest BCUT2D eigenvalue weighted by atomic mass is 9.90. The van der Waals surface area contributed by atoms with Crippen LogP contribution in [-0.4, -0.2) is 30.4 Å². The standard InChI is InChI=1S/C23H21F3N4O3S/c1-34(32,33)19-4-2-3-14(9-19)12-27-21-20(23(24,25)26)13-28-22(30-21)29-17-7-5-16-11-18(31)8-6-15(16)10-17/h2-5,7,9-10,13H,6,8,11-12H2,1H3,(H2,27,28,29,30). The van der Waals surface area contributed by atoms with Gasteiger partial charge in [-0.2, -0.15) is 18.2 Å². The topological polar surface area (TPSA) is 101 Å². The van der Waals surface area contributed by atoms with Crippen molar-refractivity contribution in [2.75, 3.05) is 16.9 Å². The maximum atomic E-state index is 13.5. The SMILES string of the molecule is CS(=O)(=O)c1cccc(CNc2nc(Nc3ccc4c(c3)CCC(=O)C4)ncc2C(F)(F)F)c1. The Kier molecular flexibility index (Phi) is 6.30. The zero-order valence-electron chi connectivity index (χ0n) is 18.1. The number of fused-ring (bicyclic) bond motifs is 1. The summed E-state index contributed by atoms with van der Waals surface area (Å²) in [5, 5.41) is 5.57. The van der Waals surface area contributed by atoms with E-state index >= 15 is 0 Å². The van der Waals surface area contributed by atoms with Crippen LogP contribution in [0.5, 0.6) is 0 Å². The van der Waals surface area contributed by atoms with Gasteiger partial charge in [0.15, 0.2) is 9.84 Å². The number of benzene rings is 2. The van der Waals surface area contributed by atoms with E-state index in [1.54, 1.807) is 12.1 Å². The van der Waals surface area contributed by atoms with E-state index in [-0.39, 0.29) is 23.2 Å². The van der Waals surface area contributed by atoms with E-state index in [2.05, 4.69) is 20.6 Å². The van der Waals surface area contributed by atoms with Crippen molar-refractivity contribution >= 4 is 33.1 Å². The molecule has 2 aromatic carbocycles. The number of aromatic nitrogens is 2. The molecule has 1 heterocycles. The van der Waals surface area contributed by atoms with Gasteiger partial charge >= 0.3 is 6.18 Å². The number of rotatable bonds is 6. The Hall–Kier alpha value is -3.47. The van der Waals surface area contributed by atoms with Crippen molar-refractivity contribution in [1.29, 1.82) is 0 Å². The summed E-state index contributed by atoms with van der Waals surface area (Å²) in [6.45, 7) is -0.0736. The second-order valence-electron chi connectivity index (χ2n) is 8.05. The number of ketones is 1. The van der Waals surface area contributed by atoms with Crippen LogP contribution in [0.3, 0.4) is 0 Å². The van der Waals surface area contributed by atoms with Crippen LogP contribution in [0.1, 0.15) is 28.7 Å². The number of nitrogens with zero attached hydrogens (tertiary/aromatic N) is 2. The first-order chi connectivity index (χ1) is 16.0. The molecule has 0 saturated heterocycles. The molecule has 0 radical (unpaired) electrons. The van der Waals surface area contributed by atoms with Crippen molar-refractivity contribution in [3.8, 4) is 0 Å². The van der Waals surface area contributed by atoms with E-state index in [1.165, 1.54) is 18.2 Å². The van der Waals surface area contributed by atoms with Gasteiger partial charge in [-0.1, -0.05) is 18.2 Å². The third-order valence-electron chi connectivity index (χ3n) is 5.40. The van der Waals surface area contributed by atoms with E-state index in [9.17, 15) is 26.4 Å². The van der Waals surface area contributed by atoms with E-state index in [0.29, 0.717) is 36.7 Å². The number of alkyl halides is 3. The van der Waals surface area contributed by atoms with Crippen molar-refractivity contribution in [2.24, 2.45) is 0 Å². The van der Waals surface area contributed by atoms with Crippen molar-refractivity contribution in [3.63, 3.8) is 0 Å². The second kappa shape index (κ2) is 9.05. The fraction of sp³-hybridized carbons (Fsp3) is 0.261. The van der Waals surface area contributed by atoms with Crippen molar-refractivity contribution in [1.82, 2.24) is 9.97 Å². The predicted octanol–water partition coefficient (Wildman–Crippen LogP) is 4.31. The number of halogens is 3. The lowest BCUT2D eigenvalue weighted by Gasteiger charge is -2.17. The fourth-order valence-electron chi connectivity index (χ4n) is 3.67. The van der Waals surface area contributed by atoms with Crippen LogP contribution < -0.4 is 10.6 Å². The highest BCUT2D eigenvalue weighted by atomic mass is 32.2. The number of anilines is 3. The van der Waals surface area contributed by atoms with Crippen LogP contribution in [-0.2, 0) is 40.2 Å². The Morgan fingerprint density at radius 3 is 2.59 bits per heavy atom. The van der Waals surface area contributed by atoms with Crippen LogP contribution in [0, 0.1) is 0 Å². The normalized spacial score (nSPS) is 13.9. The van der Waals surface area contributed by atoms with E-state index in [4.69, 9.17) is 0 Å². The first-order valence-electron chi connectivity index (χ1n) is 10.4. The molecule has 1 aliphatic rings. The first kappa shape index (κ1) is 23.7. The molecule has 34 heavy (non-hydrogen) atoms. The van der Waals surface area contributed by atoms with Gasteiger partial charge in [0.2, 0.25) is 5.95 Å². The van der Waals surface area contributed by atoms with E-state index < -0.39 is 27.4 Å². The minimum atomic E-state index is -4.69. The number of carbonyl (C=O) groups excluding carboxylic acids is 1. The summed E-state index contributed by atoms with van der Waals surface area (Å²) >= 11 is 0. The highest BCUT2D eigenvalue weighted by Gasteiger charge is 2.35. The van der Waals surface area contributed by atoms with Crippen LogP contribution >= 0.6 is 0 Å². The minimum Gasteiger partial charge on any atom is -0.365 e. The van der Waals surface area contributed by atoms with E-state index in [0.717, 1.165) is 17.4 Å². The molecule has 1 aliphatic carbocycles. The van der Waals surface area contributed by atoms with E-state index in [1.807, 2.05) is 12.1 Å². The molecule has 4 rings (SSSR count). The second-order valence-corrected chi connectivity index (χ2v) is 10.1. The molecule has 7 nitrogen and oxygen atoms in total. The number of hydrogen-bond donors (Lipinski definition) is 2. The molecule has 0 fully saturated rings. The molecule has 11 heteroatoms. The summed E-state index contributed by atoms with van der Waals surface area (Å²) in [6.07, 6.45) is -1.49. The van der Waals surface area contributed by atoms with Crippen LogP contribution in [0.25, 0.3) is 0 Å². The molecule has 0 bridgehead atoms. The number of nitrogens with one attached hydrogen (secondary N) is 2. The third-order valence-corrected chi connectivity index (χ3v) is 6.51. The van der Waals surface area contributed by atoms with Gasteiger partial charge in [-0.3, -0.25) is 4.79 Å². The summed E-state index contributed by atoms with van der Waals surface area (Å²) < 4.78 is 64.1. The summed E-state index contributed by atoms with van der Waals surface area (Å²) in [5.41, 5.74) is 1.98. The first-order valence-corrected chi connectivity index (χ1v) is 12.3. The summed E-state index contributed by atoms with van der Waals surface area (Å²) in [4.78, 5) is 19.5. The molecule has 3 aromatic rings. The largest absolute Gasteiger partial charge is 0.421 e. The van der Waals surface area contributed by atoms with Crippen LogP contribution in [0.2, 0.25) is 0 Å². The maximum Gasteiger partial charge on any atom is 0.421 e. The van der Waals surface area contributed by atoms with Gasteiger partial charge < -0.3 is 10.6 Å². The third kappa shape index (κ3) is 5.53. The summed E-state index contributed by atoms with van der Waals surface area (Å²) in [6, 6.07) is 11.3. The predicted molar refractivity (Wildman–Crippen MR) is 121 cm³/mol. The lowest BCUT2D eigenvalue weighted by Crippen LogP contribution is -2.15. The Labute approximate surface area is 194 Å². The average Bonchev–Trinajstić information content (AvgIpc) is 2.77. The average molecular weight is 491 g/mol. The molecular formula is C23H21F3N4O3S. The molecule has 0 saturated carbocycles. The Morgan fingerprint density at radius 1 is 1.06 bits per heavy atom. The number of hydrogen-bond acceptors (Lipinski definition) is 7. The van der Waals surface area contributed by atoms with Gasteiger partial charge in [0.1, 0.15) is 17.2 Å². The Morgan fingerprint density at radius 2 is 1.85 bits per heavy atom. The smallest absolute Gasteiger partial charge is 0.365 e. The highest BCUT2D eigenvalue weighted by molar-refractivity contribution is 7.90. The number of Topliss-reactive ketones (excluding diaryl/α,β-unsaturated/α-hetero) is 1. The molecular weight excluding hydrogens is 469 g/mol. The van der Waals surface area contributed by atoms with Gasteiger partial charge in [0, 0.05) is 37.5 Å². The van der Waals surface area contributed by atoms with Gasteiger partial charge in [-0.05, 0) is 47.4 Å². The maximum absolute atomic E-state index is 13.5. The Balaban J connectivity index is 1.58. The summed E-state index contributed by atoms with van der Waals surface area (Å²) in [5.74, 6) is -0.289. The van der Waals surface area contributed by atoms with Crippen molar-refractivity contribution < 1.29 is 26.4 Å². The van der Waals surface area contributed by atoms with Crippen LogP contribution in [0.15, 0.2) is 53.6 Å². The van der Waals surface area contributed by atoms with Gasteiger partial charge in [0.25, 0.3) is 0 Å². The number of aryl methyl sites for hydroxylation is 1. The molecule has 0 unspecified atom stereocenters. The number of carbonyl (C=O) groups is 1. The zero-order valence-corrected chi connectivity index (χ0v) is 18.9. The molecule has 0 spiro atoms. The fourth-order valence-corrected chi connectivity index (χ4v) is 4.36. The van der Waals surface area contributed by atoms with Gasteiger partial charge in [-0.25, -0.2) is 13.4 Å². The molecule has 2 N–H and O–H groups in total. The highest BCUT2D eigenvalue weighted by Crippen LogP contribution is 2.34. The van der Waals surface area contributed by atoms with Crippen LogP contribution in [0.4, 0.5) is 30.6 Å². The quantitative estimate of drug-likeness (QED) is 0.531. The minimum absolute atomic E-state index is 0.0350. The molecule has 178 valence electrons. The molecule has 0 atom stereocenters. The monoisotopic (exact) mass is 490 g/mol. The lowest BCUT2D eigenvalue weighted by molar-refractivity contribution is -0.137. The van der Waals surface area contributed by atoms with Crippen molar-refractivity contribution in [2.45, 2.75) is 36.9 Å². The van der Waals surface area contributed by atoms with Gasteiger partial charge in [0.05, 0.1) is 4.90 Å². The Bertz CT molecular complexity index is 1360. The molecule has 0 aliphatic heterocycles. The van der Waals surface area contributed by atoms with Crippen molar-refractivity contribution in [3.05, 3.63) is 70.9 Å².